The van der Waals surface area contributed by atoms with Crippen LogP contribution < -0.4 is 10.4 Å². The lowest BCUT2D eigenvalue weighted by Crippen LogP contribution is -2.28. The fourth-order valence-electron chi connectivity index (χ4n) is 3.48. The quantitative estimate of drug-likeness (QED) is 0.507. The molecule has 0 bridgehead atoms. The standard InChI is InChI=1S/C23H18FN3O3/c1-14-7-8-17-13-27(23(28)26-22(17)29-14)20-19(15-9-11-18(24)12-10-15)30-21(25-20)16-5-3-2-4-6-16/h2-6,9-14H,7-8H2,1H3. The number of benzene rings is 2. The van der Waals surface area contributed by atoms with Crippen LogP contribution in [0, 0.1) is 5.82 Å². The van der Waals surface area contributed by atoms with E-state index in [0.29, 0.717) is 28.9 Å². The van der Waals surface area contributed by atoms with Crippen molar-refractivity contribution in [1.29, 1.82) is 0 Å². The average molecular weight is 403 g/mol. The molecule has 0 aliphatic carbocycles. The first-order chi connectivity index (χ1) is 14.6. The van der Waals surface area contributed by atoms with E-state index < -0.39 is 5.69 Å². The highest BCUT2D eigenvalue weighted by molar-refractivity contribution is 5.69. The van der Waals surface area contributed by atoms with Crippen molar-refractivity contribution in [2.45, 2.75) is 25.9 Å². The third kappa shape index (κ3) is 3.28. The van der Waals surface area contributed by atoms with Gasteiger partial charge in [0.05, 0.1) is 6.10 Å². The van der Waals surface area contributed by atoms with Crippen molar-refractivity contribution in [2.24, 2.45) is 0 Å². The maximum atomic E-state index is 13.5. The van der Waals surface area contributed by atoms with Gasteiger partial charge in [-0.25, -0.2) is 13.8 Å². The van der Waals surface area contributed by atoms with Crippen molar-refractivity contribution in [3.63, 3.8) is 0 Å². The summed E-state index contributed by atoms with van der Waals surface area (Å²) >= 11 is 0. The Labute approximate surface area is 171 Å². The summed E-state index contributed by atoms with van der Waals surface area (Å²) in [5, 5.41) is 0. The lowest BCUT2D eigenvalue weighted by molar-refractivity contribution is 0.181. The van der Waals surface area contributed by atoms with Crippen LogP contribution in [0.3, 0.4) is 0 Å². The third-order valence-corrected chi connectivity index (χ3v) is 5.06. The minimum absolute atomic E-state index is 0.0201. The minimum Gasteiger partial charge on any atom is -0.474 e. The monoisotopic (exact) mass is 403 g/mol. The molecule has 1 aliphatic heterocycles. The summed E-state index contributed by atoms with van der Waals surface area (Å²) in [7, 11) is 0. The van der Waals surface area contributed by atoms with E-state index in [9.17, 15) is 9.18 Å². The molecule has 2 aromatic carbocycles. The second-order valence-corrected chi connectivity index (χ2v) is 7.24. The molecule has 0 amide bonds. The van der Waals surface area contributed by atoms with E-state index in [2.05, 4.69) is 9.97 Å². The van der Waals surface area contributed by atoms with E-state index in [-0.39, 0.29) is 11.9 Å². The molecule has 0 fully saturated rings. The van der Waals surface area contributed by atoms with Crippen LogP contribution >= 0.6 is 0 Å². The molecular formula is C23H18FN3O3. The summed E-state index contributed by atoms with van der Waals surface area (Å²) in [5.41, 5.74) is 1.69. The van der Waals surface area contributed by atoms with Crippen LogP contribution in [0.5, 0.6) is 5.88 Å². The number of aromatic nitrogens is 3. The number of ether oxygens (including phenoxy) is 1. The van der Waals surface area contributed by atoms with Gasteiger partial charge in [-0.2, -0.15) is 9.97 Å². The molecule has 1 unspecified atom stereocenters. The van der Waals surface area contributed by atoms with Gasteiger partial charge in [0.2, 0.25) is 11.8 Å². The molecule has 3 heterocycles. The van der Waals surface area contributed by atoms with Crippen molar-refractivity contribution in [1.82, 2.24) is 14.5 Å². The van der Waals surface area contributed by atoms with Gasteiger partial charge in [0.15, 0.2) is 11.6 Å². The van der Waals surface area contributed by atoms with Crippen LogP contribution in [0.2, 0.25) is 0 Å². The Morgan fingerprint density at radius 3 is 2.57 bits per heavy atom. The molecule has 0 saturated heterocycles. The van der Waals surface area contributed by atoms with Crippen LogP contribution in [0.4, 0.5) is 4.39 Å². The van der Waals surface area contributed by atoms with Crippen molar-refractivity contribution in [2.75, 3.05) is 0 Å². The van der Waals surface area contributed by atoms with Crippen LogP contribution in [0.1, 0.15) is 18.9 Å². The molecular weight excluding hydrogens is 385 g/mol. The molecule has 2 aromatic heterocycles. The van der Waals surface area contributed by atoms with E-state index in [1.807, 2.05) is 37.3 Å². The summed E-state index contributed by atoms with van der Waals surface area (Å²) in [6.07, 6.45) is 3.31. The Morgan fingerprint density at radius 2 is 1.80 bits per heavy atom. The molecule has 6 nitrogen and oxygen atoms in total. The van der Waals surface area contributed by atoms with E-state index in [0.717, 1.165) is 24.0 Å². The maximum absolute atomic E-state index is 13.5. The van der Waals surface area contributed by atoms with Crippen LogP contribution in [-0.4, -0.2) is 20.6 Å². The fourth-order valence-corrected chi connectivity index (χ4v) is 3.48. The number of rotatable bonds is 3. The van der Waals surface area contributed by atoms with Crippen molar-refractivity contribution >= 4 is 0 Å². The molecule has 7 heteroatoms. The number of fused-ring (bicyclic) bond motifs is 1. The number of halogens is 1. The SMILES string of the molecule is CC1CCc2cn(-c3nc(-c4ccccc4)oc3-c3ccc(F)cc3)c(=O)nc2O1. The van der Waals surface area contributed by atoms with Crippen LogP contribution in [-0.2, 0) is 6.42 Å². The van der Waals surface area contributed by atoms with E-state index in [1.165, 1.54) is 16.7 Å². The largest absolute Gasteiger partial charge is 0.474 e. The zero-order valence-corrected chi connectivity index (χ0v) is 16.2. The zero-order chi connectivity index (χ0) is 20.7. The summed E-state index contributed by atoms with van der Waals surface area (Å²) in [6, 6.07) is 15.3. The second-order valence-electron chi connectivity index (χ2n) is 7.24. The second kappa shape index (κ2) is 7.26. The number of hydrogen-bond donors (Lipinski definition) is 0. The Morgan fingerprint density at radius 1 is 1.03 bits per heavy atom. The number of oxazole rings is 1. The van der Waals surface area contributed by atoms with Gasteiger partial charge in [-0.3, -0.25) is 0 Å². The summed E-state index contributed by atoms with van der Waals surface area (Å²) < 4.78 is 26.6. The Balaban J connectivity index is 1.70. The Bertz CT molecular complexity index is 1260. The van der Waals surface area contributed by atoms with Gasteiger partial charge in [-0.15, -0.1) is 0 Å². The van der Waals surface area contributed by atoms with Crippen LogP contribution in [0.15, 0.2) is 70.0 Å². The first-order valence-corrected chi connectivity index (χ1v) is 9.70. The predicted molar refractivity (Wildman–Crippen MR) is 109 cm³/mol. The lowest BCUT2D eigenvalue weighted by Gasteiger charge is -2.22. The number of hydrogen-bond acceptors (Lipinski definition) is 5. The first kappa shape index (κ1) is 18.3. The average Bonchev–Trinajstić information content (AvgIpc) is 3.19. The van der Waals surface area contributed by atoms with Crippen molar-refractivity contribution in [3.8, 4) is 34.5 Å². The number of nitrogens with zero attached hydrogens (tertiary/aromatic N) is 3. The van der Waals surface area contributed by atoms with E-state index in [1.54, 1.807) is 18.3 Å². The molecule has 5 rings (SSSR count). The first-order valence-electron chi connectivity index (χ1n) is 9.70. The summed E-state index contributed by atoms with van der Waals surface area (Å²) in [5.74, 6) is 1.04. The highest BCUT2D eigenvalue weighted by atomic mass is 19.1. The minimum atomic E-state index is -0.515. The molecule has 0 spiro atoms. The fraction of sp³-hybridized carbons (Fsp3) is 0.174. The molecule has 0 N–H and O–H groups in total. The summed E-state index contributed by atoms with van der Waals surface area (Å²) in [6.45, 7) is 1.95. The predicted octanol–water partition coefficient (Wildman–Crippen LogP) is 4.41. The van der Waals surface area contributed by atoms with Gasteiger partial charge in [0.25, 0.3) is 0 Å². The van der Waals surface area contributed by atoms with Gasteiger partial charge >= 0.3 is 5.69 Å². The van der Waals surface area contributed by atoms with E-state index in [4.69, 9.17) is 9.15 Å². The highest BCUT2D eigenvalue weighted by Gasteiger charge is 2.24. The van der Waals surface area contributed by atoms with Gasteiger partial charge in [-0.1, -0.05) is 18.2 Å². The smallest absolute Gasteiger partial charge is 0.356 e. The Kier molecular flexibility index (Phi) is 4.43. The zero-order valence-electron chi connectivity index (χ0n) is 16.2. The normalized spacial score (nSPS) is 15.5. The maximum Gasteiger partial charge on any atom is 0.356 e. The van der Waals surface area contributed by atoms with E-state index >= 15 is 0 Å². The summed E-state index contributed by atoms with van der Waals surface area (Å²) in [4.78, 5) is 21.5. The lowest BCUT2D eigenvalue weighted by atomic mass is 10.1. The number of aryl methyl sites for hydroxylation is 1. The van der Waals surface area contributed by atoms with Gasteiger partial charge in [0, 0.05) is 22.9 Å². The molecule has 1 aliphatic rings. The molecule has 150 valence electrons. The third-order valence-electron chi connectivity index (χ3n) is 5.06. The molecule has 4 aromatic rings. The molecule has 1 atom stereocenters. The molecule has 30 heavy (non-hydrogen) atoms. The van der Waals surface area contributed by atoms with Crippen molar-refractivity contribution in [3.05, 3.63) is 82.7 Å². The Hall–Kier alpha value is -3.74. The van der Waals surface area contributed by atoms with Gasteiger partial charge < -0.3 is 9.15 Å². The molecule has 0 radical (unpaired) electrons. The van der Waals surface area contributed by atoms with Crippen molar-refractivity contribution < 1.29 is 13.5 Å². The molecule has 0 saturated carbocycles. The highest BCUT2D eigenvalue weighted by Crippen LogP contribution is 2.32. The van der Waals surface area contributed by atoms with Crippen LogP contribution in [0.25, 0.3) is 28.6 Å². The van der Waals surface area contributed by atoms with Gasteiger partial charge in [0.1, 0.15) is 5.82 Å². The van der Waals surface area contributed by atoms with Gasteiger partial charge in [-0.05, 0) is 56.2 Å². The topological polar surface area (TPSA) is 70.2 Å².